The molecule has 2 fully saturated rings. The van der Waals surface area contributed by atoms with E-state index in [0.29, 0.717) is 12.0 Å². The Hall–Kier alpha value is -1.66. The van der Waals surface area contributed by atoms with Gasteiger partial charge in [0.25, 0.3) is 0 Å². The standard InChI is InChI=1S/C15H19N5O.ClH/c1-18-6-4-12-3-2-11(9-20(12)15(18)21)14-13-8-16-5-7-19(13)10-17-14;/h5,7-8,10-12H,2-4,6,9H2,1H3;1H. The van der Waals surface area contributed by atoms with Crippen LogP contribution in [0.1, 0.15) is 19.3 Å². The van der Waals surface area contributed by atoms with Gasteiger partial charge in [-0.25, -0.2) is 14.7 Å². The molecule has 0 aromatic heterocycles. The third kappa shape index (κ3) is 2.36. The van der Waals surface area contributed by atoms with E-state index < -0.39 is 0 Å². The highest BCUT2D eigenvalue weighted by Gasteiger charge is 2.40. The third-order valence-electron chi connectivity index (χ3n) is 4.94. The molecule has 0 aromatic carbocycles. The molecule has 2 amide bonds. The Labute approximate surface area is 136 Å². The lowest BCUT2D eigenvalue weighted by atomic mass is 9.87. The summed E-state index contributed by atoms with van der Waals surface area (Å²) in [6.45, 7) is 1.67. The minimum Gasteiger partial charge on any atom is -1.00 e. The van der Waals surface area contributed by atoms with Crippen molar-refractivity contribution in [3.05, 3.63) is 23.8 Å². The largest absolute Gasteiger partial charge is 1.00 e. The topological polar surface area (TPSA) is 52.7 Å². The minimum atomic E-state index is 0. The number of allylic oxidation sites excluding steroid dienone is 1. The first-order valence-electron chi connectivity index (χ1n) is 7.61. The van der Waals surface area contributed by atoms with E-state index in [-0.39, 0.29) is 18.4 Å². The number of nitrogens with one attached hydrogen (secondary N) is 1. The first-order valence-corrected chi connectivity index (χ1v) is 7.61. The fourth-order valence-corrected chi connectivity index (χ4v) is 3.71. The van der Waals surface area contributed by atoms with Crippen molar-refractivity contribution in [2.45, 2.75) is 25.3 Å². The number of halogens is 1. The van der Waals surface area contributed by atoms with Gasteiger partial charge in [0, 0.05) is 32.1 Å². The van der Waals surface area contributed by atoms with Crippen LogP contribution in [0.25, 0.3) is 0 Å². The molecule has 4 rings (SSSR count). The monoisotopic (exact) mass is 321 g/mol. The molecular weight excluding hydrogens is 302 g/mol. The molecule has 0 saturated carbocycles. The maximum absolute atomic E-state index is 12.4. The third-order valence-corrected chi connectivity index (χ3v) is 4.94. The summed E-state index contributed by atoms with van der Waals surface area (Å²) >= 11 is 0. The van der Waals surface area contributed by atoms with Gasteiger partial charge in [0.2, 0.25) is 0 Å². The van der Waals surface area contributed by atoms with E-state index in [1.165, 1.54) is 0 Å². The fourth-order valence-electron chi connectivity index (χ4n) is 3.71. The second-order valence-corrected chi connectivity index (χ2v) is 6.18. The molecule has 4 aliphatic heterocycles. The predicted octanol–water partition coefficient (Wildman–Crippen LogP) is -2.78. The Morgan fingerprint density at radius 2 is 2.18 bits per heavy atom. The van der Waals surface area contributed by atoms with Crippen LogP contribution in [-0.2, 0) is 0 Å². The van der Waals surface area contributed by atoms with E-state index in [1.807, 2.05) is 30.7 Å². The molecule has 22 heavy (non-hydrogen) atoms. The van der Waals surface area contributed by atoms with E-state index in [2.05, 4.69) is 14.9 Å². The molecule has 3 atom stereocenters. The van der Waals surface area contributed by atoms with Gasteiger partial charge in [0.1, 0.15) is 11.9 Å². The van der Waals surface area contributed by atoms with Gasteiger partial charge in [-0.3, -0.25) is 4.99 Å². The van der Waals surface area contributed by atoms with Crippen LogP contribution in [-0.4, -0.2) is 54.6 Å². The average Bonchev–Trinajstić information content (AvgIpc) is 2.95. The van der Waals surface area contributed by atoms with Gasteiger partial charge in [-0.15, -0.1) is 0 Å². The van der Waals surface area contributed by atoms with E-state index in [0.717, 1.165) is 48.6 Å². The van der Waals surface area contributed by atoms with Crippen LogP contribution in [0.4, 0.5) is 4.79 Å². The highest BCUT2D eigenvalue weighted by molar-refractivity contribution is 5.82. The summed E-state index contributed by atoms with van der Waals surface area (Å²) < 4.78 is 0. The quantitative estimate of drug-likeness (QED) is 0.558. The Morgan fingerprint density at radius 3 is 3.05 bits per heavy atom. The number of urea groups is 1. The molecule has 4 heterocycles. The van der Waals surface area contributed by atoms with Gasteiger partial charge in [0.05, 0.1) is 12.4 Å². The van der Waals surface area contributed by atoms with Gasteiger partial charge in [-0.05, 0) is 19.3 Å². The van der Waals surface area contributed by atoms with E-state index >= 15 is 0 Å². The highest BCUT2D eigenvalue weighted by Crippen LogP contribution is 2.33. The number of quaternary nitrogens is 1. The van der Waals surface area contributed by atoms with Crippen LogP contribution in [0.3, 0.4) is 0 Å². The molecule has 0 spiro atoms. The van der Waals surface area contributed by atoms with E-state index in [9.17, 15) is 4.79 Å². The van der Waals surface area contributed by atoms with Crippen molar-refractivity contribution >= 4 is 18.6 Å². The van der Waals surface area contributed by atoms with E-state index in [4.69, 9.17) is 0 Å². The number of piperidine rings is 1. The molecule has 0 bridgehead atoms. The Morgan fingerprint density at radius 1 is 1.32 bits per heavy atom. The SMILES string of the molecule is CN1CCC2CCC(C3=C4C=NC=C[NH+]4C=N3)CN2C1=O.[Cl-]. The summed E-state index contributed by atoms with van der Waals surface area (Å²) in [5.41, 5.74) is 2.25. The number of carbonyl (C=O) groups is 1. The highest BCUT2D eigenvalue weighted by atomic mass is 35.5. The Kier molecular flexibility index (Phi) is 4.06. The summed E-state index contributed by atoms with van der Waals surface area (Å²) in [4.78, 5) is 26.2. The summed E-state index contributed by atoms with van der Waals surface area (Å²) in [5.74, 6) is 0.332. The van der Waals surface area contributed by atoms with Gasteiger partial charge < -0.3 is 22.2 Å². The van der Waals surface area contributed by atoms with Crippen LogP contribution < -0.4 is 17.3 Å². The zero-order valence-corrected chi connectivity index (χ0v) is 13.3. The number of carbonyl (C=O) groups excluding carboxylic acids is 1. The number of hydrogen-bond acceptors (Lipinski definition) is 3. The second-order valence-electron chi connectivity index (χ2n) is 6.18. The lowest BCUT2D eigenvalue weighted by Crippen LogP contribution is -3.04. The van der Waals surface area contributed by atoms with Crippen molar-refractivity contribution in [3.63, 3.8) is 0 Å². The van der Waals surface area contributed by atoms with Crippen molar-refractivity contribution < 1.29 is 22.1 Å². The fraction of sp³-hybridized carbons (Fsp3) is 0.533. The lowest BCUT2D eigenvalue weighted by molar-refractivity contribution is -0.682. The maximum atomic E-state index is 12.4. The molecule has 0 radical (unpaired) electrons. The molecule has 7 heteroatoms. The molecule has 4 aliphatic rings. The minimum absolute atomic E-state index is 0. The smallest absolute Gasteiger partial charge is 0.320 e. The van der Waals surface area contributed by atoms with Crippen LogP contribution in [0, 0.1) is 5.92 Å². The number of amides is 2. The Balaban J connectivity index is 0.00000144. The first kappa shape index (κ1) is 15.2. The van der Waals surface area contributed by atoms with Crippen molar-refractivity contribution in [2.75, 3.05) is 20.1 Å². The van der Waals surface area contributed by atoms with Gasteiger partial charge >= 0.3 is 6.03 Å². The molecule has 2 saturated heterocycles. The summed E-state index contributed by atoms with van der Waals surface area (Å²) in [6.07, 6.45) is 10.9. The molecule has 3 unspecified atom stereocenters. The lowest BCUT2D eigenvalue weighted by Gasteiger charge is -2.45. The normalized spacial score (nSPS) is 33.0. The Bertz CT molecular complexity index is 597. The number of fused-ring (bicyclic) bond motifs is 2. The van der Waals surface area contributed by atoms with Crippen molar-refractivity contribution in [1.29, 1.82) is 0 Å². The van der Waals surface area contributed by atoms with Gasteiger partial charge in [0.15, 0.2) is 12.0 Å². The molecule has 0 aromatic rings. The zero-order valence-electron chi connectivity index (χ0n) is 12.6. The van der Waals surface area contributed by atoms with Crippen molar-refractivity contribution in [1.82, 2.24) is 9.80 Å². The average molecular weight is 322 g/mol. The van der Waals surface area contributed by atoms with Crippen LogP contribution in [0.5, 0.6) is 0 Å². The van der Waals surface area contributed by atoms with Crippen LogP contribution in [0.2, 0.25) is 0 Å². The van der Waals surface area contributed by atoms with Gasteiger partial charge in [-0.2, -0.15) is 0 Å². The molecule has 1 N–H and O–H groups in total. The number of hydrogen-bond donors (Lipinski definition) is 1. The summed E-state index contributed by atoms with van der Waals surface area (Å²) in [6, 6.07) is 0.592. The number of aliphatic imine (C=N–C) groups is 2. The van der Waals surface area contributed by atoms with Gasteiger partial charge in [-0.1, -0.05) is 0 Å². The molecule has 0 aliphatic carbocycles. The van der Waals surface area contributed by atoms with E-state index in [1.54, 1.807) is 6.20 Å². The van der Waals surface area contributed by atoms with Crippen LogP contribution >= 0.6 is 0 Å². The number of nitrogens with zero attached hydrogens (tertiary/aromatic N) is 4. The number of rotatable bonds is 1. The predicted molar refractivity (Wildman–Crippen MR) is 80.0 cm³/mol. The zero-order chi connectivity index (χ0) is 14.4. The molecule has 118 valence electrons. The first-order chi connectivity index (χ1) is 10.2. The maximum Gasteiger partial charge on any atom is 0.320 e. The molecular formula is C15H20ClN5O. The summed E-state index contributed by atoms with van der Waals surface area (Å²) in [7, 11) is 1.89. The van der Waals surface area contributed by atoms with Crippen molar-refractivity contribution in [3.8, 4) is 0 Å². The second kappa shape index (κ2) is 5.85. The van der Waals surface area contributed by atoms with Crippen molar-refractivity contribution in [2.24, 2.45) is 15.9 Å². The summed E-state index contributed by atoms with van der Waals surface area (Å²) in [5, 5.41) is 0. The van der Waals surface area contributed by atoms with Crippen LogP contribution in [0.15, 0.2) is 33.8 Å². The molecule has 6 nitrogen and oxygen atoms in total.